The van der Waals surface area contributed by atoms with Crippen LogP contribution in [0.4, 0.5) is 13.2 Å². The first kappa shape index (κ1) is 28.6. The van der Waals surface area contributed by atoms with Crippen LogP contribution in [0.25, 0.3) is 0 Å². The Kier molecular flexibility index (Phi) is 5.23. The monoisotopic (exact) mass is 614 g/mol. The van der Waals surface area contributed by atoms with Gasteiger partial charge in [-0.3, -0.25) is 13.8 Å². The summed E-state index contributed by atoms with van der Waals surface area (Å²) in [5.41, 5.74) is -18.0. The fourth-order valence-corrected chi connectivity index (χ4v) is 9.43. The maximum Gasteiger partial charge on any atom is 0.523 e. The highest BCUT2D eigenvalue weighted by Crippen LogP contribution is 2.85. The van der Waals surface area contributed by atoms with Crippen molar-refractivity contribution in [2.24, 2.45) is 28.1 Å². The van der Waals surface area contributed by atoms with E-state index in [0.717, 1.165) is 13.8 Å². The van der Waals surface area contributed by atoms with Gasteiger partial charge in [0.2, 0.25) is 18.0 Å². The SMILES string of the molecule is CC(=O)O[C@H]1C(=O)OC2O[C@@]34C(=O)OC5[C@H](OS(=O)(=O)C(F)(F)F)C(C(C)(C)C)C21C53C(O)[C@@H]1OC(=O)[C@@H](C)[C@@]14O. The van der Waals surface area contributed by atoms with E-state index in [1.54, 1.807) is 0 Å². The van der Waals surface area contributed by atoms with Gasteiger partial charge in [0.1, 0.15) is 23.7 Å². The molecule has 2 aliphatic carbocycles. The van der Waals surface area contributed by atoms with E-state index in [1.165, 1.54) is 20.8 Å². The van der Waals surface area contributed by atoms with Crippen LogP contribution in [0.2, 0.25) is 0 Å². The molecule has 41 heavy (non-hydrogen) atoms. The summed E-state index contributed by atoms with van der Waals surface area (Å²) in [7, 11) is -6.43. The topological polar surface area (TPSA) is 198 Å². The van der Waals surface area contributed by atoms with Crippen LogP contribution in [0, 0.1) is 28.1 Å². The fraction of sp³-hybridized carbons (Fsp3) is 0.826. The molecule has 0 aromatic heterocycles. The lowest BCUT2D eigenvalue weighted by atomic mass is 9.51. The van der Waals surface area contributed by atoms with Gasteiger partial charge < -0.3 is 33.9 Å². The van der Waals surface area contributed by atoms with Gasteiger partial charge in [-0.1, -0.05) is 20.8 Å². The van der Waals surface area contributed by atoms with Crippen LogP contribution in [0.5, 0.6) is 0 Å². The van der Waals surface area contributed by atoms with Crippen molar-refractivity contribution in [3.05, 3.63) is 0 Å². The van der Waals surface area contributed by atoms with E-state index in [4.69, 9.17) is 27.9 Å². The maximum atomic E-state index is 13.8. The highest BCUT2D eigenvalue weighted by molar-refractivity contribution is 7.87. The number of esters is 4. The minimum absolute atomic E-state index is 0.895. The summed E-state index contributed by atoms with van der Waals surface area (Å²) in [6.45, 7) is 6.31. The number of fused-ring (bicyclic) bond motifs is 1. The molecule has 4 aliphatic heterocycles. The van der Waals surface area contributed by atoms with Crippen LogP contribution < -0.4 is 0 Å². The smallest absolute Gasteiger partial charge is 0.456 e. The molecule has 0 radical (unpaired) electrons. The molecule has 12 atom stereocenters. The van der Waals surface area contributed by atoms with E-state index in [9.17, 15) is 51.0 Å². The Morgan fingerprint density at radius 2 is 1.63 bits per heavy atom. The summed E-state index contributed by atoms with van der Waals surface area (Å²) in [6, 6.07) is 0. The second kappa shape index (κ2) is 7.50. The van der Waals surface area contributed by atoms with Crippen molar-refractivity contribution in [2.45, 2.75) is 88.1 Å². The van der Waals surface area contributed by atoms with Gasteiger partial charge in [0, 0.05) is 12.8 Å². The average molecular weight is 615 g/mol. The molecule has 0 bridgehead atoms. The second-order valence-corrected chi connectivity index (χ2v) is 13.9. The summed E-state index contributed by atoms with van der Waals surface area (Å²) in [5.74, 6) is -8.26. The van der Waals surface area contributed by atoms with Crippen molar-refractivity contribution in [2.75, 3.05) is 0 Å². The van der Waals surface area contributed by atoms with Gasteiger partial charge in [-0.2, -0.15) is 21.6 Å². The minimum atomic E-state index is -6.43. The minimum Gasteiger partial charge on any atom is -0.456 e. The molecular weight excluding hydrogens is 589 g/mol. The summed E-state index contributed by atoms with van der Waals surface area (Å²) in [5, 5.41) is 24.1. The quantitative estimate of drug-likeness (QED) is 0.171. The Balaban J connectivity index is 1.73. The number of ether oxygens (including phenoxy) is 5. The highest BCUT2D eigenvalue weighted by Gasteiger charge is 3.06. The Morgan fingerprint density at radius 3 is 2.17 bits per heavy atom. The predicted octanol–water partition coefficient (Wildman–Crippen LogP) is -0.954. The summed E-state index contributed by atoms with van der Waals surface area (Å²) in [4.78, 5) is 52.0. The first-order valence-corrected chi connectivity index (χ1v) is 13.9. The molecule has 0 aromatic rings. The normalized spacial score (nSPS) is 49.7. The zero-order valence-corrected chi connectivity index (χ0v) is 22.8. The van der Waals surface area contributed by atoms with E-state index in [2.05, 4.69) is 0 Å². The molecule has 4 saturated heterocycles. The lowest BCUT2D eigenvalue weighted by Gasteiger charge is -2.48. The van der Waals surface area contributed by atoms with E-state index >= 15 is 0 Å². The molecule has 6 fully saturated rings. The van der Waals surface area contributed by atoms with E-state index < -0.39 is 116 Å². The van der Waals surface area contributed by atoms with Crippen LogP contribution in [0.3, 0.4) is 0 Å². The third-order valence-electron chi connectivity index (χ3n) is 9.70. The molecule has 14 nitrogen and oxygen atoms in total. The molecule has 228 valence electrons. The predicted molar refractivity (Wildman–Crippen MR) is 117 cm³/mol. The Bertz CT molecular complexity index is 1410. The molecule has 2 spiro atoms. The van der Waals surface area contributed by atoms with Gasteiger partial charge in [-0.25, -0.2) is 9.59 Å². The number of rotatable bonds is 3. The fourth-order valence-electron chi connectivity index (χ4n) is 8.82. The first-order valence-electron chi connectivity index (χ1n) is 12.5. The zero-order valence-electron chi connectivity index (χ0n) is 22.0. The molecule has 0 amide bonds. The first-order chi connectivity index (χ1) is 18.6. The van der Waals surface area contributed by atoms with E-state index in [0.29, 0.717) is 0 Å². The van der Waals surface area contributed by atoms with Crippen molar-refractivity contribution in [1.29, 1.82) is 0 Å². The third-order valence-corrected chi connectivity index (χ3v) is 10.7. The number of carbonyl (C=O) groups is 4. The van der Waals surface area contributed by atoms with Gasteiger partial charge in [0.15, 0.2) is 11.7 Å². The summed E-state index contributed by atoms with van der Waals surface area (Å²) < 4.78 is 98.0. The largest absolute Gasteiger partial charge is 0.523 e. The number of aliphatic hydroxyl groups excluding tert-OH is 1. The molecule has 2 N–H and O–H groups in total. The number of hydrogen-bond acceptors (Lipinski definition) is 14. The van der Waals surface area contributed by atoms with Crippen LogP contribution in [0.15, 0.2) is 0 Å². The van der Waals surface area contributed by atoms with Crippen molar-refractivity contribution in [3.63, 3.8) is 0 Å². The van der Waals surface area contributed by atoms with E-state index in [1.807, 2.05) is 0 Å². The number of carbonyl (C=O) groups excluding carboxylic acids is 4. The van der Waals surface area contributed by atoms with Crippen molar-refractivity contribution < 1.29 is 78.8 Å². The average Bonchev–Trinajstić information content (AvgIpc) is 3.51. The lowest BCUT2D eigenvalue weighted by molar-refractivity contribution is -0.240. The lowest BCUT2D eigenvalue weighted by Crippen LogP contribution is -2.67. The van der Waals surface area contributed by atoms with Gasteiger partial charge >= 0.3 is 39.5 Å². The van der Waals surface area contributed by atoms with Crippen LogP contribution in [-0.2, 0) is 57.2 Å². The van der Waals surface area contributed by atoms with Crippen molar-refractivity contribution in [3.8, 4) is 0 Å². The molecular formula is C23H25F3O14S. The van der Waals surface area contributed by atoms with E-state index in [-0.39, 0.29) is 0 Å². The van der Waals surface area contributed by atoms with Crippen molar-refractivity contribution in [1.82, 2.24) is 0 Å². The molecule has 0 aromatic carbocycles. The Hall–Kier alpha value is -2.54. The van der Waals surface area contributed by atoms with Gasteiger partial charge in [-0.05, 0) is 12.3 Å². The standard InChI is InChI=1S/C23H25F3O14S/c1-6-14(29)36-12-10(28)20-11-8(40-41(33,34)23(24,25)26)9(18(3,4)5)19(20)13(35-7(2)27)15(30)38-17(19)39-22(20,16(31)37-11)21(6,12)32/h6,8-13,17,28,32H,1-5H3/t6-,8-,9?,10?,11?,12+,13+,17?,19?,20?,21-,22+/m1/s1. The third kappa shape index (κ3) is 2.64. The Labute approximate surface area is 229 Å². The molecule has 6 rings (SSSR count). The van der Waals surface area contributed by atoms with Gasteiger partial charge in [0.25, 0.3) is 0 Å². The molecule has 4 heterocycles. The maximum absolute atomic E-state index is 13.8. The molecule has 2 saturated carbocycles. The summed E-state index contributed by atoms with van der Waals surface area (Å²) >= 11 is 0. The number of aliphatic hydroxyl groups is 2. The molecule has 6 aliphatic rings. The van der Waals surface area contributed by atoms with Crippen LogP contribution in [-0.4, -0.2) is 96.0 Å². The van der Waals surface area contributed by atoms with Gasteiger partial charge in [-0.15, -0.1) is 0 Å². The number of alkyl halides is 3. The zero-order chi connectivity index (χ0) is 30.7. The number of hydrogen-bond donors (Lipinski definition) is 2. The second-order valence-electron chi connectivity index (χ2n) is 12.3. The molecule has 6 unspecified atom stereocenters. The number of halogens is 3. The Morgan fingerprint density at radius 1 is 1.02 bits per heavy atom. The van der Waals surface area contributed by atoms with Crippen molar-refractivity contribution >= 4 is 34.0 Å². The molecule has 18 heteroatoms. The van der Waals surface area contributed by atoms with Crippen LogP contribution in [0.1, 0.15) is 34.6 Å². The van der Waals surface area contributed by atoms with Crippen LogP contribution >= 0.6 is 0 Å². The van der Waals surface area contributed by atoms with Gasteiger partial charge in [0.05, 0.1) is 11.3 Å². The highest BCUT2D eigenvalue weighted by atomic mass is 32.2. The summed E-state index contributed by atoms with van der Waals surface area (Å²) in [6.07, 6.45) is -12.9.